The molecule has 2 aromatic rings. The second-order valence-corrected chi connectivity index (χ2v) is 4.13. The Morgan fingerprint density at radius 2 is 2.22 bits per heavy atom. The maximum Gasteiger partial charge on any atom is 0.159 e. The first kappa shape index (κ1) is 12.4. The fourth-order valence-corrected chi connectivity index (χ4v) is 1.72. The fourth-order valence-electron chi connectivity index (χ4n) is 1.72. The van der Waals surface area contributed by atoms with Gasteiger partial charge in [-0.15, -0.1) is 0 Å². The summed E-state index contributed by atoms with van der Waals surface area (Å²) in [4.78, 5) is 11.2. The second-order valence-electron chi connectivity index (χ2n) is 4.13. The van der Waals surface area contributed by atoms with E-state index in [4.69, 9.17) is 4.74 Å². The Hall–Kier alpha value is -2.10. The summed E-state index contributed by atoms with van der Waals surface area (Å²) >= 11 is 0. The topological polar surface area (TPSA) is 44.1 Å². The Morgan fingerprint density at radius 1 is 1.39 bits per heavy atom. The van der Waals surface area contributed by atoms with E-state index < -0.39 is 0 Å². The molecule has 0 amide bonds. The molecule has 0 saturated carbocycles. The first-order valence-electron chi connectivity index (χ1n) is 5.87. The van der Waals surface area contributed by atoms with Crippen molar-refractivity contribution in [2.45, 2.75) is 13.3 Å². The van der Waals surface area contributed by atoms with Gasteiger partial charge in [0.1, 0.15) is 5.75 Å². The number of ketones is 1. The molecule has 0 aliphatic carbocycles. The van der Waals surface area contributed by atoms with E-state index in [-0.39, 0.29) is 5.78 Å². The summed E-state index contributed by atoms with van der Waals surface area (Å²) in [6.45, 7) is 2.12. The molecule has 0 radical (unpaired) electrons. The van der Waals surface area contributed by atoms with Crippen molar-refractivity contribution in [3.63, 3.8) is 0 Å². The zero-order valence-corrected chi connectivity index (χ0v) is 10.6. The molecule has 0 aliphatic heterocycles. The highest BCUT2D eigenvalue weighted by Gasteiger charge is 2.02. The van der Waals surface area contributed by atoms with Crippen LogP contribution < -0.4 is 4.74 Å². The van der Waals surface area contributed by atoms with E-state index in [2.05, 4.69) is 5.10 Å². The number of carbonyl (C=O) groups is 1. The van der Waals surface area contributed by atoms with Crippen LogP contribution in [0.25, 0.3) is 0 Å². The lowest BCUT2D eigenvalue weighted by Gasteiger charge is -2.07. The maximum atomic E-state index is 11.2. The average molecular weight is 244 g/mol. The Bertz CT molecular complexity index is 546. The fraction of sp³-hybridized carbons (Fsp3) is 0.286. The highest BCUT2D eigenvalue weighted by molar-refractivity contribution is 5.94. The summed E-state index contributed by atoms with van der Waals surface area (Å²) in [5.74, 6) is 0.775. The van der Waals surface area contributed by atoms with Crippen LogP contribution in [0.4, 0.5) is 0 Å². The van der Waals surface area contributed by atoms with Crippen molar-refractivity contribution in [2.24, 2.45) is 7.05 Å². The Kier molecular flexibility index (Phi) is 3.77. The van der Waals surface area contributed by atoms with Crippen molar-refractivity contribution >= 4 is 5.78 Å². The van der Waals surface area contributed by atoms with Gasteiger partial charge in [0.05, 0.1) is 6.61 Å². The third kappa shape index (κ3) is 2.97. The number of hydrogen-bond donors (Lipinski definition) is 0. The van der Waals surface area contributed by atoms with E-state index in [1.54, 1.807) is 25.3 Å². The summed E-state index contributed by atoms with van der Waals surface area (Å²) in [5.41, 5.74) is 1.80. The van der Waals surface area contributed by atoms with Crippen molar-refractivity contribution in [3.8, 4) is 5.75 Å². The maximum absolute atomic E-state index is 11.2. The highest BCUT2D eigenvalue weighted by Crippen LogP contribution is 2.14. The SMILES string of the molecule is CC(=O)c1cccc(OCCc2ccnn2C)c1. The zero-order chi connectivity index (χ0) is 13.0. The smallest absolute Gasteiger partial charge is 0.159 e. The summed E-state index contributed by atoms with van der Waals surface area (Å²) in [6, 6.07) is 9.21. The molecule has 2 rings (SSSR count). The van der Waals surface area contributed by atoms with Crippen LogP contribution in [0.1, 0.15) is 23.0 Å². The number of nitrogens with zero attached hydrogens (tertiary/aromatic N) is 2. The molecule has 0 spiro atoms. The van der Waals surface area contributed by atoms with Gasteiger partial charge in [0.15, 0.2) is 5.78 Å². The summed E-state index contributed by atoms with van der Waals surface area (Å²) < 4.78 is 7.46. The van der Waals surface area contributed by atoms with Crippen molar-refractivity contribution in [3.05, 3.63) is 47.8 Å². The second kappa shape index (κ2) is 5.49. The number of carbonyl (C=O) groups excluding carboxylic acids is 1. The van der Waals surface area contributed by atoms with Crippen LogP contribution in [0.3, 0.4) is 0 Å². The molecule has 4 nitrogen and oxygen atoms in total. The van der Waals surface area contributed by atoms with Crippen LogP contribution in [0, 0.1) is 0 Å². The third-order valence-electron chi connectivity index (χ3n) is 2.79. The molecular weight excluding hydrogens is 228 g/mol. The molecule has 0 N–H and O–H groups in total. The van der Waals surface area contributed by atoms with E-state index in [9.17, 15) is 4.79 Å². The Morgan fingerprint density at radius 3 is 2.89 bits per heavy atom. The van der Waals surface area contributed by atoms with Crippen LogP contribution >= 0.6 is 0 Å². The first-order chi connectivity index (χ1) is 8.66. The Balaban J connectivity index is 1.92. The minimum atomic E-state index is 0.0482. The van der Waals surface area contributed by atoms with E-state index in [0.717, 1.165) is 17.9 Å². The molecule has 1 heterocycles. The molecule has 1 aromatic heterocycles. The van der Waals surface area contributed by atoms with Gasteiger partial charge < -0.3 is 4.74 Å². The van der Waals surface area contributed by atoms with Crippen LogP contribution in [0.2, 0.25) is 0 Å². The molecule has 1 aromatic carbocycles. The van der Waals surface area contributed by atoms with Gasteiger partial charge in [0, 0.05) is 30.9 Å². The quantitative estimate of drug-likeness (QED) is 0.758. The van der Waals surface area contributed by atoms with E-state index in [1.165, 1.54) is 0 Å². The lowest BCUT2D eigenvalue weighted by molar-refractivity contribution is 0.101. The number of rotatable bonds is 5. The summed E-state index contributed by atoms with van der Waals surface area (Å²) in [5, 5.41) is 4.10. The molecule has 4 heteroatoms. The van der Waals surface area contributed by atoms with Crippen LogP contribution in [0.15, 0.2) is 36.5 Å². The van der Waals surface area contributed by atoms with Crippen molar-refractivity contribution in [1.82, 2.24) is 9.78 Å². The molecule has 0 saturated heterocycles. The molecule has 0 fully saturated rings. The molecule has 18 heavy (non-hydrogen) atoms. The van der Waals surface area contributed by atoms with Gasteiger partial charge in [-0.25, -0.2) is 0 Å². The van der Waals surface area contributed by atoms with Gasteiger partial charge in [0.25, 0.3) is 0 Å². The van der Waals surface area contributed by atoms with E-state index in [0.29, 0.717) is 12.2 Å². The summed E-state index contributed by atoms with van der Waals surface area (Å²) in [6.07, 6.45) is 2.56. The predicted octanol–water partition coefficient (Wildman–Crippen LogP) is 2.24. The molecule has 0 atom stereocenters. The van der Waals surface area contributed by atoms with Crippen molar-refractivity contribution in [1.29, 1.82) is 0 Å². The van der Waals surface area contributed by atoms with E-state index >= 15 is 0 Å². The highest BCUT2D eigenvalue weighted by atomic mass is 16.5. The van der Waals surface area contributed by atoms with Gasteiger partial charge in [-0.1, -0.05) is 12.1 Å². The largest absolute Gasteiger partial charge is 0.493 e. The third-order valence-corrected chi connectivity index (χ3v) is 2.79. The number of aryl methyl sites for hydroxylation is 1. The van der Waals surface area contributed by atoms with E-state index in [1.807, 2.05) is 29.9 Å². The number of Topliss-reactive ketones (excluding diaryl/α,β-unsaturated/α-hetero) is 1. The normalized spacial score (nSPS) is 10.3. The molecular formula is C14H16N2O2. The predicted molar refractivity (Wildman–Crippen MR) is 68.9 cm³/mol. The van der Waals surface area contributed by atoms with Crippen molar-refractivity contribution < 1.29 is 9.53 Å². The number of benzene rings is 1. The number of aromatic nitrogens is 2. The van der Waals surface area contributed by atoms with Crippen molar-refractivity contribution in [2.75, 3.05) is 6.61 Å². The number of ether oxygens (including phenoxy) is 1. The first-order valence-corrected chi connectivity index (χ1v) is 5.87. The van der Waals surface area contributed by atoms with Crippen LogP contribution in [0.5, 0.6) is 5.75 Å². The van der Waals surface area contributed by atoms with Gasteiger partial charge in [-0.3, -0.25) is 9.48 Å². The van der Waals surface area contributed by atoms with Gasteiger partial charge in [0.2, 0.25) is 0 Å². The van der Waals surface area contributed by atoms with Gasteiger partial charge in [-0.2, -0.15) is 5.10 Å². The van der Waals surface area contributed by atoms with Gasteiger partial charge >= 0.3 is 0 Å². The minimum Gasteiger partial charge on any atom is -0.493 e. The number of hydrogen-bond acceptors (Lipinski definition) is 3. The molecule has 94 valence electrons. The van der Waals surface area contributed by atoms with Crippen LogP contribution in [-0.4, -0.2) is 22.2 Å². The molecule has 0 aliphatic rings. The summed E-state index contributed by atoms with van der Waals surface area (Å²) in [7, 11) is 1.91. The lowest BCUT2D eigenvalue weighted by atomic mass is 10.1. The molecule has 0 unspecified atom stereocenters. The standard InChI is InChI=1S/C14H16N2O2/c1-11(17)12-4-3-5-14(10-12)18-9-7-13-6-8-15-16(13)2/h3-6,8,10H,7,9H2,1-2H3. The average Bonchev–Trinajstić information content (AvgIpc) is 2.76. The monoisotopic (exact) mass is 244 g/mol. The zero-order valence-electron chi connectivity index (χ0n) is 10.6. The Labute approximate surface area is 106 Å². The molecule has 0 bridgehead atoms. The van der Waals surface area contributed by atoms with Crippen LogP contribution in [-0.2, 0) is 13.5 Å². The lowest BCUT2D eigenvalue weighted by Crippen LogP contribution is -2.06. The van der Waals surface area contributed by atoms with Gasteiger partial charge in [-0.05, 0) is 25.1 Å². The minimum absolute atomic E-state index is 0.0482.